The second-order valence-corrected chi connectivity index (χ2v) is 3.69. The van der Waals surface area contributed by atoms with Crippen molar-refractivity contribution >= 4 is 5.97 Å². The third-order valence-corrected chi connectivity index (χ3v) is 2.49. The Morgan fingerprint density at radius 1 is 1.28 bits per heavy atom. The van der Waals surface area contributed by atoms with Crippen molar-refractivity contribution in [2.24, 2.45) is 0 Å². The summed E-state index contributed by atoms with van der Waals surface area (Å²) < 4.78 is 4.99. The maximum absolute atomic E-state index is 11.8. The van der Waals surface area contributed by atoms with Gasteiger partial charge in [-0.05, 0) is 48.4 Å². The number of esters is 1. The molecule has 1 heterocycles. The van der Waals surface area contributed by atoms with Crippen LogP contribution in [0.25, 0.3) is 11.1 Å². The van der Waals surface area contributed by atoms with Gasteiger partial charge in [-0.25, -0.2) is 4.79 Å². The molecule has 92 valence electrons. The van der Waals surface area contributed by atoms with Crippen LogP contribution in [0.3, 0.4) is 0 Å². The van der Waals surface area contributed by atoms with Gasteiger partial charge in [-0.15, -0.1) is 0 Å². The van der Waals surface area contributed by atoms with Gasteiger partial charge in [0.15, 0.2) is 0 Å². The average Bonchev–Trinajstić information content (AvgIpc) is 2.40. The van der Waals surface area contributed by atoms with Gasteiger partial charge in [0.05, 0.1) is 12.2 Å². The molecule has 0 aliphatic heterocycles. The van der Waals surface area contributed by atoms with Crippen molar-refractivity contribution in [1.29, 1.82) is 0 Å². The van der Waals surface area contributed by atoms with Crippen LogP contribution in [0.15, 0.2) is 42.7 Å². The fraction of sp³-hybridized carbons (Fsp3) is 0.143. The number of phenols is 1. The molecule has 0 aliphatic rings. The standard InChI is InChI=1S/C14H13NO3/c1-2-18-14(17)12-4-3-11(16)9-13(12)10-5-7-15-8-6-10/h3-9,16H,2H2,1H3. The Morgan fingerprint density at radius 3 is 2.67 bits per heavy atom. The molecule has 0 amide bonds. The summed E-state index contributed by atoms with van der Waals surface area (Å²) in [5.74, 6) is -0.292. The van der Waals surface area contributed by atoms with Gasteiger partial charge >= 0.3 is 5.97 Å². The van der Waals surface area contributed by atoms with E-state index in [1.165, 1.54) is 6.07 Å². The summed E-state index contributed by atoms with van der Waals surface area (Å²) >= 11 is 0. The number of aromatic nitrogens is 1. The molecule has 18 heavy (non-hydrogen) atoms. The van der Waals surface area contributed by atoms with E-state index in [2.05, 4.69) is 4.98 Å². The Hall–Kier alpha value is -2.36. The van der Waals surface area contributed by atoms with Crippen molar-refractivity contribution < 1.29 is 14.6 Å². The second-order valence-electron chi connectivity index (χ2n) is 3.69. The Morgan fingerprint density at radius 2 is 2.00 bits per heavy atom. The lowest BCUT2D eigenvalue weighted by atomic mass is 10.0. The molecule has 0 bridgehead atoms. The van der Waals surface area contributed by atoms with Crippen LogP contribution in [-0.2, 0) is 4.74 Å². The maximum atomic E-state index is 11.8. The number of hydrogen-bond donors (Lipinski definition) is 1. The summed E-state index contributed by atoms with van der Waals surface area (Å²) in [6, 6.07) is 8.12. The number of carbonyl (C=O) groups excluding carboxylic acids is 1. The first-order chi connectivity index (χ1) is 8.72. The number of aromatic hydroxyl groups is 1. The quantitative estimate of drug-likeness (QED) is 0.842. The fourth-order valence-corrected chi connectivity index (χ4v) is 1.69. The Kier molecular flexibility index (Phi) is 3.57. The van der Waals surface area contributed by atoms with E-state index in [1.54, 1.807) is 43.6 Å². The lowest BCUT2D eigenvalue weighted by Gasteiger charge is -2.09. The highest BCUT2D eigenvalue weighted by Crippen LogP contribution is 2.27. The number of nitrogens with zero attached hydrogens (tertiary/aromatic N) is 1. The van der Waals surface area contributed by atoms with Crippen molar-refractivity contribution in [1.82, 2.24) is 4.98 Å². The van der Waals surface area contributed by atoms with Crippen molar-refractivity contribution in [3.05, 3.63) is 48.3 Å². The monoisotopic (exact) mass is 243 g/mol. The van der Waals surface area contributed by atoms with Gasteiger partial charge in [0, 0.05) is 12.4 Å². The Balaban J connectivity index is 2.51. The minimum atomic E-state index is -0.399. The first-order valence-electron chi connectivity index (χ1n) is 5.63. The second kappa shape index (κ2) is 5.31. The summed E-state index contributed by atoms with van der Waals surface area (Å²) in [6.45, 7) is 2.07. The molecule has 1 aromatic heterocycles. The van der Waals surface area contributed by atoms with Crippen molar-refractivity contribution in [2.75, 3.05) is 6.61 Å². The molecule has 4 heteroatoms. The molecule has 0 aliphatic carbocycles. The van der Waals surface area contributed by atoms with Crippen LogP contribution in [0.1, 0.15) is 17.3 Å². The lowest BCUT2D eigenvalue weighted by molar-refractivity contribution is 0.0527. The topological polar surface area (TPSA) is 59.4 Å². The minimum Gasteiger partial charge on any atom is -0.508 e. The number of rotatable bonds is 3. The van der Waals surface area contributed by atoms with Crippen LogP contribution in [0.5, 0.6) is 5.75 Å². The maximum Gasteiger partial charge on any atom is 0.338 e. The molecule has 1 aromatic carbocycles. The molecule has 0 fully saturated rings. The molecule has 2 rings (SSSR count). The van der Waals surface area contributed by atoms with E-state index in [0.717, 1.165) is 5.56 Å². The minimum absolute atomic E-state index is 0.106. The third kappa shape index (κ3) is 2.48. The first-order valence-corrected chi connectivity index (χ1v) is 5.63. The van der Waals surface area contributed by atoms with E-state index < -0.39 is 5.97 Å². The zero-order valence-electron chi connectivity index (χ0n) is 9.96. The van der Waals surface area contributed by atoms with Crippen LogP contribution in [0, 0.1) is 0 Å². The van der Waals surface area contributed by atoms with E-state index in [4.69, 9.17) is 4.74 Å². The van der Waals surface area contributed by atoms with Gasteiger partial charge in [0.25, 0.3) is 0 Å². The van der Waals surface area contributed by atoms with Gasteiger partial charge in [-0.2, -0.15) is 0 Å². The van der Waals surface area contributed by atoms with Crippen LogP contribution < -0.4 is 0 Å². The van der Waals surface area contributed by atoms with Gasteiger partial charge in [0.2, 0.25) is 0 Å². The van der Waals surface area contributed by atoms with Crippen molar-refractivity contribution in [3.63, 3.8) is 0 Å². The molecule has 0 saturated carbocycles. The highest BCUT2D eigenvalue weighted by atomic mass is 16.5. The summed E-state index contributed by atoms with van der Waals surface area (Å²) in [6.07, 6.45) is 3.27. The molecular weight excluding hydrogens is 230 g/mol. The van der Waals surface area contributed by atoms with Crippen LogP contribution in [-0.4, -0.2) is 22.7 Å². The van der Waals surface area contributed by atoms with Gasteiger partial charge in [-0.1, -0.05) is 0 Å². The van der Waals surface area contributed by atoms with Gasteiger partial charge in [-0.3, -0.25) is 4.98 Å². The number of benzene rings is 1. The molecule has 0 spiro atoms. The number of phenolic OH excluding ortho intramolecular Hbond substituents is 1. The zero-order chi connectivity index (χ0) is 13.0. The molecule has 4 nitrogen and oxygen atoms in total. The molecular formula is C14H13NO3. The summed E-state index contributed by atoms with van der Waals surface area (Å²) in [5, 5.41) is 9.54. The number of pyridine rings is 1. The molecule has 0 radical (unpaired) electrons. The van der Waals surface area contributed by atoms with Crippen LogP contribution in [0.4, 0.5) is 0 Å². The highest BCUT2D eigenvalue weighted by Gasteiger charge is 2.14. The average molecular weight is 243 g/mol. The predicted molar refractivity (Wildman–Crippen MR) is 67.3 cm³/mol. The number of carbonyl (C=O) groups is 1. The zero-order valence-corrected chi connectivity index (χ0v) is 9.96. The molecule has 0 atom stereocenters. The van der Waals surface area contributed by atoms with Gasteiger partial charge in [0.1, 0.15) is 5.75 Å². The Bertz CT molecular complexity index is 552. The van der Waals surface area contributed by atoms with E-state index in [-0.39, 0.29) is 5.75 Å². The lowest BCUT2D eigenvalue weighted by Crippen LogP contribution is -2.06. The van der Waals surface area contributed by atoms with Gasteiger partial charge < -0.3 is 9.84 Å². The highest BCUT2D eigenvalue weighted by molar-refractivity contribution is 5.97. The van der Waals surface area contributed by atoms with E-state index in [9.17, 15) is 9.90 Å². The summed E-state index contributed by atoms with van der Waals surface area (Å²) in [7, 11) is 0. The van der Waals surface area contributed by atoms with Crippen molar-refractivity contribution in [3.8, 4) is 16.9 Å². The van der Waals surface area contributed by atoms with Crippen molar-refractivity contribution in [2.45, 2.75) is 6.92 Å². The largest absolute Gasteiger partial charge is 0.508 e. The summed E-state index contributed by atoms with van der Waals surface area (Å²) in [5.41, 5.74) is 1.88. The smallest absolute Gasteiger partial charge is 0.338 e. The third-order valence-electron chi connectivity index (χ3n) is 2.49. The van der Waals surface area contributed by atoms with Crippen LogP contribution >= 0.6 is 0 Å². The number of hydrogen-bond acceptors (Lipinski definition) is 4. The molecule has 1 N–H and O–H groups in total. The van der Waals surface area contributed by atoms with E-state index in [0.29, 0.717) is 17.7 Å². The number of ether oxygens (including phenoxy) is 1. The van der Waals surface area contributed by atoms with E-state index >= 15 is 0 Å². The predicted octanol–water partition coefficient (Wildman–Crippen LogP) is 2.63. The summed E-state index contributed by atoms with van der Waals surface area (Å²) in [4.78, 5) is 15.8. The SMILES string of the molecule is CCOC(=O)c1ccc(O)cc1-c1ccncc1. The fourth-order valence-electron chi connectivity index (χ4n) is 1.69. The molecule has 0 unspecified atom stereocenters. The van der Waals surface area contributed by atoms with Crippen LogP contribution in [0.2, 0.25) is 0 Å². The Labute approximate surface area is 105 Å². The van der Waals surface area contributed by atoms with E-state index in [1.807, 2.05) is 0 Å². The normalized spacial score (nSPS) is 10.1. The first kappa shape index (κ1) is 12.1. The molecule has 2 aromatic rings. The molecule has 0 saturated heterocycles.